The molecule has 0 unspecified atom stereocenters. The number of nitrogens with zero attached hydrogens (tertiary/aromatic N) is 1. The molecule has 1 aromatic carbocycles. The largest absolute Gasteiger partial charge is 0.497 e. The lowest BCUT2D eigenvalue weighted by Crippen LogP contribution is -2.34. The van der Waals surface area contributed by atoms with E-state index in [0.717, 1.165) is 50.6 Å². The van der Waals surface area contributed by atoms with Crippen LogP contribution in [0.1, 0.15) is 37.7 Å². The first-order chi connectivity index (χ1) is 11.2. The molecule has 1 aliphatic heterocycles. The normalized spacial score (nSPS) is 22.0. The number of carbonyl (C=O) groups excluding carboxylic acids is 1. The summed E-state index contributed by atoms with van der Waals surface area (Å²) in [4.78, 5) is 14.3. The minimum absolute atomic E-state index is 0.358. The van der Waals surface area contributed by atoms with Crippen LogP contribution in [0.15, 0.2) is 24.3 Å². The van der Waals surface area contributed by atoms with Crippen LogP contribution in [0.2, 0.25) is 0 Å². The monoisotopic (exact) mass is 316 g/mol. The fraction of sp³-hybridized carbons (Fsp3) is 0.632. The zero-order valence-electron chi connectivity index (χ0n) is 14.1. The number of carbonyl (C=O) groups is 1. The molecule has 1 saturated carbocycles. The number of likely N-dealkylation sites (tertiary alicyclic amines) is 1. The van der Waals surface area contributed by atoms with Crippen LogP contribution >= 0.6 is 0 Å². The van der Waals surface area contributed by atoms with Crippen molar-refractivity contribution in [3.8, 4) is 5.75 Å². The van der Waals surface area contributed by atoms with Crippen molar-refractivity contribution in [1.29, 1.82) is 0 Å². The minimum atomic E-state index is 0.358. The highest BCUT2D eigenvalue weighted by atomic mass is 16.5. The first-order valence-corrected chi connectivity index (χ1v) is 8.88. The van der Waals surface area contributed by atoms with Crippen LogP contribution in [-0.2, 0) is 11.2 Å². The summed E-state index contributed by atoms with van der Waals surface area (Å²) in [5, 5.41) is 3.64. The molecule has 126 valence electrons. The SMILES string of the molecule is COc1ccc(CCN[C@H]2CCC(=O)N(CC3CC3)CC2)cc1. The highest BCUT2D eigenvalue weighted by molar-refractivity contribution is 5.76. The van der Waals surface area contributed by atoms with Gasteiger partial charge < -0.3 is 15.0 Å². The summed E-state index contributed by atoms with van der Waals surface area (Å²) in [5.41, 5.74) is 1.32. The zero-order valence-corrected chi connectivity index (χ0v) is 14.1. The standard InChI is InChI=1S/C19H28N2O2/c1-23-18-7-4-15(5-8-18)10-12-20-17-6-9-19(22)21(13-11-17)14-16-2-3-16/h4-5,7-8,16-17,20H,2-3,6,9-14H2,1H3/t17-/m0/s1. The van der Waals surface area contributed by atoms with Gasteiger partial charge >= 0.3 is 0 Å². The number of benzene rings is 1. The molecule has 1 heterocycles. The number of ether oxygens (including phenoxy) is 1. The molecule has 1 amide bonds. The number of amides is 1. The van der Waals surface area contributed by atoms with Gasteiger partial charge in [0.05, 0.1) is 7.11 Å². The van der Waals surface area contributed by atoms with Crippen LogP contribution in [-0.4, -0.2) is 43.6 Å². The average Bonchev–Trinajstić information content (AvgIpc) is 3.40. The maximum atomic E-state index is 12.2. The van der Waals surface area contributed by atoms with E-state index in [4.69, 9.17) is 4.74 Å². The van der Waals surface area contributed by atoms with E-state index in [0.29, 0.717) is 18.4 Å². The van der Waals surface area contributed by atoms with E-state index < -0.39 is 0 Å². The van der Waals surface area contributed by atoms with Crippen LogP contribution < -0.4 is 10.1 Å². The second-order valence-electron chi connectivity index (χ2n) is 6.86. The molecule has 1 aliphatic carbocycles. The van der Waals surface area contributed by atoms with Gasteiger partial charge in [0.15, 0.2) is 0 Å². The Balaban J connectivity index is 1.40. The Hall–Kier alpha value is -1.55. The molecule has 1 aromatic rings. The lowest BCUT2D eigenvalue weighted by Gasteiger charge is -2.21. The van der Waals surface area contributed by atoms with Crippen LogP contribution in [0, 0.1) is 5.92 Å². The molecule has 0 bridgehead atoms. The van der Waals surface area contributed by atoms with E-state index >= 15 is 0 Å². The van der Waals surface area contributed by atoms with E-state index in [1.807, 2.05) is 12.1 Å². The number of hydrogen-bond donors (Lipinski definition) is 1. The summed E-state index contributed by atoms with van der Waals surface area (Å²) >= 11 is 0. The Morgan fingerprint density at radius 1 is 1.17 bits per heavy atom. The van der Waals surface area contributed by atoms with Crippen LogP contribution in [0.3, 0.4) is 0 Å². The lowest BCUT2D eigenvalue weighted by molar-refractivity contribution is -0.130. The van der Waals surface area contributed by atoms with Crippen molar-refractivity contribution in [2.24, 2.45) is 5.92 Å². The van der Waals surface area contributed by atoms with Crippen molar-refractivity contribution in [2.75, 3.05) is 26.7 Å². The highest BCUT2D eigenvalue weighted by Gasteiger charge is 2.28. The van der Waals surface area contributed by atoms with Crippen molar-refractivity contribution in [1.82, 2.24) is 10.2 Å². The zero-order chi connectivity index (χ0) is 16.1. The topological polar surface area (TPSA) is 41.6 Å². The van der Waals surface area contributed by atoms with Gasteiger partial charge in [-0.3, -0.25) is 4.79 Å². The molecular formula is C19H28N2O2. The van der Waals surface area contributed by atoms with Gasteiger partial charge in [-0.05, 0) is 62.3 Å². The Kier molecular flexibility index (Phi) is 5.55. The summed E-state index contributed by atoms with van der Waals surface area (Å²) in [6, 6.07) is 8.73. The molecule has 4 heteroatoms. The third kappa shape index (κ3) is 4.96. The van der Waals surface area contributed by atoms with Gasteiger partial charge in [0.2, 0.25) is 5.91 Å². The molecule has 3 rings (SSSR count). The predicted octanol–water partition coefficient (Wildman–Crippen LogP) is 2.62. The first-order valence-electron chi connectivity index (χ1n) is 8.88. The number of rotatable bonds is 7. The Bertz CT molecular complexity index is 511. The van der Waals surface area contributed by atoms with Crippen LogP contribution in [0.4, 0.5) is 0 Å². The van der Waals surface area contributed by atoms with E-state index in [-0.39, 0.29) is 0 Å². The number of methoxy groups -OCH3 is 1. The summed E-state index contributed by atoms with van der Waals surface area (Å²) in [7, 11) is 1.69. The van der Waals surface area contributed by atoms with Gasteiger partial charge in [-0.2, -0.15) is 0 Å². The molecule has 1 N–H and O–H groups in total. The third-order valence-corrected chi connectivity index (χ3v) is 4.99. The van der Waals surface area contributed by atoms with Crippen LogP contribution in [0.5, 0.6) is 5.75 Å². The van der Waals surface area contributed by atoms with Gasteiger partial charge in [0, 0.05) is 25.6 Å². The Labute approximate surface area is 139 Å². The summed E-state index contributed by atoms with van der Waals surface area (Å²) < 4.78 is 5.18. The summed E-state index contributed by atoms with van der Waals surface area (Å²) in [6.45, 7) is 2.89. The molecule has 2 aliphatic rings. The summed E-state index contributed by atoms with van der Waals surface area (Å²) in [5.74, 6) is 2.05. The van der Waals surface area contributed by atoms with Crippen molar-refractivity contribution in [2.45, 2.75) is 44.6 Å². The number of hydrogen-bond acceptors (Lipinski definition) is 3. The smallest absolute Gasteiger partial charge is 0.222 e. The van der Waals surface area contributed by atoms with Gasteiger partial charge in [0.25, 0.3) is 0 Å². The first kappa shape index (κ1) is 16.3. The summed E-state index contributed by atoms with van der Waals surface area (Å²) in [6.07, 6.45) is 6.40. The second-order valence-corrected chi connectivity index (χ2v) is 6.86. The van der Waals surface area contributed by atoms with Crippen molar-refractivity contribution >= 4 is 5.91 Å². The van der Waals surface area contributed by atoms with Crippen LogP contribution in [0.25, 0.3) is 0 Å². The van der Waals surface area contributed by atoms with E-state index in [1.165, 1.54) is 18.4 Å². The highest BCUT2D eigenvalue weighted by Crippen LogP contribution is 2.30. The van der Waals surface area contributed by atoms with Crippen molar-refractivity contribution in [3.05, 3.63) is 29.8 Å². The Morgan fingerprint density at radius 2 is 1.96 bits per heavy atom. The molecule has 2 fully saturated rings. The molecule has 0 radical (unpaired) electrons. The van der Waals surface area contributed by atoms with Gasteiger partial charge in [-0.1, -0.05) is 12.1 Å². The van der Waals surface area contributed by atoms with Gasteiger partial charge in [-0.25, -0.2) is 0 Å². The fourth-order valence-electron chi connectivity index (χ4n) is 3.26. The van der Waals surface area contributed by atoms with Gasteiger partial charge in [-0.15, -0.1) is 0 Å². The van der Waals surface area contributed by atoms with Crippen molar-refractivity contribution in [3.63, 3.8) is 0 Å². The second kappa shape index (κ2) is 7.82. The molecule has 0 aromatic heterocycles. The maximum absolute atomic E-state index is 12.2. The molecule has 1 saturated heterocycles. The molecule has 4 nitrogen and oxygen atoms in total. The third-order valence-electron chi connectivity index (χ3n) is 4.99. The average molecular weight is 316 g/mol. The quantitative estimate of drug-likeness (QED) is 0.841. The molecule has 1 atom stereocenters. The van der Waals surface area contributed by atoms with Gasteiger partial charge in [0.1, 0.15) is 5.75 Å². The molecule has 23 heavy (non-hydrogen) atoms. The number of nitrogens with one attached hydrogen (secondary N) is 1. The fourth-order valence-corrected chi connectivity index (χ4v) is 3.26. The lowest BCUT2D eigenvalue weighted by atomic mass is 10.1. The Morgan fingerprint density at radius 3 is 2.65 bits per heavy atom. The van der Waals surface area contributed by atoms with Crippen molar-refractivity contribution < 1.29 is 9.53 Å². The predicted molar refractivity (Wildman–Crippen MR) is 91.6 cm³/mol. The molecular weight excluding hydrogens is 288 g/mol. The molecule has 0 spiro atoms. The van der Waals surface area contributed by atoms with E-state index in [9.17, 15) is 4.79 Å². The van der Waals surface area contributed by atoms with E-state index in [2.05, 4.69) is 22.3 Å². The minimum Gasteiger partial charge on any atom is -0.497 e. The maximum Gasteiger partial charge on any atom is 0.222 e. The van der Waals surface area contributed by atoms with E-state index in [1.54, 1.807) is 7.11 Å².